The number of nitrogens with one attached hydrogen (secondary N) is 2. The number of aliphatic hydroxyl groups excluding tert-OH is 1. The number of benzene rings is 1. The predicted octanol–water partition coefficient (Wildman–Crippen LogP) is 3.80. The highest BCUT2D eigenvalue weighted by atomic mass is 127. The molecule has 2 rings (SSSR count). The van der Waals surface area contributed by atoms with Crippen LogP contribution < -0.4 is 15.4 Å². The van der Waals surface area contributed by atoms with Gasteiger partial charge in [-0.3, -0.25) is 4.99 Å². The second-order valence-corrected chi connectivity index (χ2v) is 8.06. The van der Waals surface area contributed by atoms with Gasteiger partial charge in [0, 0.05) is 13.1 Å². The third kappa shape index (κ3) is 9.83. The summed E-state index contributed by atoms with van der Waals surface area (Å²) >= 11 is 0. The molecule has 7 heteroatoms. The van der Waals surface area contributed by atoms with Crippen LogP contribution in [-0.2, 0) is 0 Å². The SMILES string of the molecule is CCNC(=NCC(O)c1ccc(OC(C)C)cc1)NCCC1CCN(CC)CC1.I. The molecule has 0 aliphatic carbocycles. The van der Waals surface area contributed by atoms with Gasteiger partial charge in [0.2, 0.25) is 0 Å². The van der Waals surface area contributed by atoms with E-state index in [2.05, 4.69) is 34.4 Å². The van der Waals surface area contributed by atoms with Crippen molar-refractivity contribution in [3.8, 4) is 5.75 Å². The first-order valence-electron chi connectivity index (χ1n) is 11.2. The van der Waals surface area contributed by atoms with Crippen molar-refractivity contribution in [1.82, 2.24) is 15.5 Å². The van der Waals surface area contributed by atoms with E-state index in [9.17, 15) is 5.11 Å². The molecule has 6 nitrogen and oxygen atoms in total. The van der Waals surface area contributed by atoms with Crippen molar-refractivity contribution in [1.29, 1.82) is 0 Å². The highest BCUT2D eigenvalue weighted by Crippen LogP contribution is 2.20. The van der Waals surface area contributed by atoms with Crippen LogP contribution in [0.3, 0.4) is 0 Å². The molecule has 1 aromatic carbocycles. The lowest BCUT2D eigenvalue weighted by molar-refractivity contribution is 0.186. The highest BCUT2D eigenvalue weighted by Gasteiger charge is 2.17. The Morgan fingerprint density at radius 3 is 2.40 bits per heavy atom. The Labute approximate surface area is 199 Å². The molecular weight excluding hydrogens is 491 g/mol. The second-order valence-electron chi connectivity index (χ2n) is 8.06. The van der Waals surface area contributed by atoms with Gasteiger partial charge in [0.05, 0.1) is 18.8 Å². The first kappa shape index (κ1) is 27.0. The molecule has 172 valence electrons. The Morgan fingerprint density at radius 1 is 1.17 bits per heavy atom. The monoisotopic (exact) mass is 532 g/mol. The number of hydrogen-bond donors (Lipinski definition) is 3. The van der Waals surface area contributed by atoms with Gasteiger partial charge < -0.3 is 25.4 Å². The van der Waals surface area contributed by atoms with Gasteiger partial charge in [0.15, 0.2) is 5.96 Å². The van der Waals surface area contributed by atoms with Crippen LogP contribution in [0.4, 0.5) is 0 Å². The van der Waals surface area contributed by atoms with Crippen molar-refractivity contribution in [2.45, 2.75) is 59.2 Å². The van der Waals surface area contributed by atoms with Crippen LogP contribution in [0, 0.1) is 5.92 Å². The molecule has 0 spiro atoms. The van der Waals surface area contributed by atoms with Gasteiger partial charge in [0.25, 0.3) is 0 Å². The van der Waals surface area contributed by atoms with E-state index in [4.69, 9.17) is 4.74 Å². The maximum absolute atomic E-state index is 10.5. The molecule has 0 bridgehead atoms. The number of nitrogens with zero attached hydrogens (tertiary/aromatic N) is 2. The number of piperidine rings is 1. The molecule has 1 unspecified atom stereocenters. The molecular formula is C23H41IN4O2. The zero-order chi connectivity index (χ0) is 21.1. The number of guanidine groups is 1. The molecule has 3 N–H and O–H groups in total. The van der Waals surface area contributed by atoms with Crippen LogP contribution in [0.1, 0.15) is 58.6 Å². The van der Waals surface area contributed by atoms with Crippen molar-refractivity contribution in [2.75, 3.05) is 39.3 Å². The number of aliphatic hydroxyl groups is 1. The van der Waals surface area contributed by atoms with Crippen molar-refractivity contribution in [3.05, 3.63) is 29.8 Å². The standard InChI is InChI=1S/C23H40N4O2.HI/c1-5-24-23(25-14-11-19-12-15-27(6-2)16-13-19)26-17-22(28)20-7-9-21(10-8-20)29-18(3)4;/h7-10,18-19,22,28H,5-6,11-17H2,1-4H3,(H2,24,25,26);1H. The summed E-state index contributed by atoms with van der Waals surface area (Å²) in [4.78, 5) is 7.10. The number of ether oxygens (including phenoxy) is 1. The number of rotatable bonds is 10. The Bertz CT molecular complexity index is 602. The Balaban J connectivity index is 0.00000450. The average molecular weight is 533 g/mol. The van der Waals surface area contributed by atoms with Gasteiger partial charge >= 0.3 is 0 Å². The van der Waals surface area contributed by atoms with E-state index in [1.807, 2.05) is 38.1 Å². The third-order valence-electron chi connectivity index (χ3n) is 5.40. The molecule has 1 atom stereocenters. The largest absolute Gasteiger partial charge is 0.491 e. The van der Waals surface area contributed by atoms with E-state index in [0.717, 1.165) is 42.8 Å². The molecule has 1 heterocycles. The van der Waals surface area contributed by atoms with Crippen molar-refractivity contribution in [3.63, 3.8) is 0 Å². The topological polar surface area (TPSA) is 69.1 Å². The van der Waals surface area contributed by atoms with E-state index in [-0.39, 0.29) is 30.1 Å². The average Bonchev–Trinajstić information content (AvgIpc) is 2.72. The van der Waals surface area contributed by atoms with E-state index < -0.39 is 6.10 Å². The quantitative estimate of drug-likeness (QED) is 0.243. The van der Waals surface area contributed by atoms with Crippen LogP contribution >= 0.6 is 24.0 Å². The summed E-state index contributed by atoms with van der Waals surface area (Å²) in [5.74, 6) is 2.39. The number of halogens is 1. The summed E-state index contributed by atoms with van der Waals surface area (Å²) < 4.78 is 5.65. The molecule has 1 aliphatic heterocycles. The highest BCUT2D eigenvalue weighted by molar-refractivity contribution is 14.0. The zero-order valence-corrected chi connectivity index (χ0v) is 21.4. The fourth-order valence-corrected chi connectivity index (χ4v) is 3.65. The van der Waals surface area contributed by atoms with Crippen LogP contribution in [0.2, 0.25) is 0 Å². The van der Waals surface area contributed by atoms with Crippen LogP contribution in [0.25, 0.3) is 0 Å². The summed E-state index contributed by atoms with van der Waals surface area (Å²) in [5.41, 5.74) is 0.850. The molecule has 1 aliphatic rings. The summed E-state index contributed by atoms with van der Waals surface area (Å²) in [6.07, 6.45) is 3.26. The van der Waals surface area contributed by atoms with Crippen LogP contribution in [0.15, 0.2) is 29.3 Å². The normalized spacial score (nSPS) is 16.8. The fourth-order valence-electron chi connectivity index (χ4n) is 3.65. The van der Waals surface area contributed by atoms with Crippen molar-refractivity contribution >= 4 is 29.9 Å². The first-order chi connectivity index (χ1) is 14.0. The summed E-state index contributed by atoms with van der Waals surface area (Å²) in [6.45, 7) is 14.0. The lowest BCUT2D eigenvalue weighted by atomic mass is 9.93. The van der Waals surface area contributed by atoms with Crippen molar-refractivity contribution in [2.24, 2.45) is 10.9 Å². The minimum atomic E-state index is -0.628. The lowest BCUT2D eigenvalue weighted by Gasteiger charge is -2.31. The van der Waals surface area contributed by atoms with Gasteiger partial charge in [-0.15, -0.1) is 24.0 Å². The van der Waals surface area contributed by atoms with E-state index in [1.165, 1.54) is 32.4 Å². The van der Waals surface area contributed by atoms with Gasteiger partial charge in [-0.25, -0.2) is 0 Å². The summed E-state index contributed by atoms with van der Waals surface area (Å²) in [5, 5.41) is 17.2. The smallest absolute Gasteiger partial charge is 0.191 e. The lowest BCUT2D eigenvalue weighted by Crippen LogP contribution is -2.39. The Hall–Kier alpha value is -1.06. The molecule has 0 aromatic heterocycles. The molecule has 0 radical (unpaired) electrons. The van der Waals surface area contributed by atoms with Gasteiger partial charge in [-0.05, 0) is 83.3 Å². The molecule has 0 saturated carbocycles. The summed E-state index contributed by atoms with van der Waals surface area (Å²) in [7, 11) is 0. The van der Waals surface area contributed by atoms with Crippen LogP contribution in [-0.4, -0.2) is 61.3 Å². The minimum absolute atomic E-state index is 0. The first-order valence-corrected chi connectivity index (χ1v) is 11.2. The van der Waals surface area contributed by atoms with E-state index in [1.54, 1.807) is 0 Å². The molecule has 30 heavy (non-hydrogen) atoms. The number of hydrogen-bond acceptors (Lipinski definition) is 4. The maximum atomic E-state index is 10.5. The fraction of sp³-hybridized carbons (Fsp3) is 0.696. The predicted molar refractivity (Wildman–Crippen MR) is 136 cm³/mol. The van der Waals surface area contributed by atoms with Gasteiger partial charge in [0.1, 0.15) is 5.75 Å². The Morgan fingerprint density at radius 2 is 1.83 bits per heavy atom. The minimum Gasteiger partial charge on any atom is -0.491 e. The summed E-state index contributed by atoms with van der Waals surface area (Å²) in [6, 6.07) is 7.60. The van der Waals surface area contributed by atoms with Crippen molar-refractivity contribution < 1.29 is 9.84 Å². The molecule has 1 fully saturated rings. The molecule has 0 amide bonds. The molecule has 1 aromatic rings. The third-order valence-corrected chi connectivity index (χ3v) is 5.40. The zero-order valence-electron chi connectivity index (χ0n) is 19.1. The maximum Gasteiger partial charge on any atom is 0.191 e. The van der Waals surface area contributed by atoms with E-state index in [0.29, 0.717) is 6.54 Å². The van der Waals surface area contributed by atoms with Gasteiger partial charge in [-0.2, -0.15) is 0 Å². The number of aliphatic imine (C=N–C) groups is 1. The van der Waals surface area contributed by atoms with Crippen LogP contribution in [0.5, 0.6) is 5.75 Å². The number of likely N-dealkylation sites (tertiary alicyclic amines) is 1. The van der Waals surface area contributed by atoms with Gasteiger partial charge in [-0.1, -0.05) is 19.1 Å². The Kier molecular flexibility index (Phi) is 13.4. The van der Waals surface area contributed by atoms with E-state index >= 15 is 0 Å². The second kappa shape index (κ2) is 14.9. The molecule has 1 saturated heterocycles.